The maximum Gasteiger partial charge on any atom is 0.410 e. The molecular weight excluding hydrogens is 425 g/mol. The van der Waals surface area contributed by atoms with E-state index in [9.17, 15) is 14.0 Å². The van der Waals surface area contributed by atoms with Gasteiger partial charge in [-0.3, -0.25) is 4.79 Å². The van der Waals surface area contributed by atoms with Crippen molar-refractivity contribution in [1.29, 1.82) is 0 Å². The normalized spacial score (nSPS) is 16.8. The van der Waals surface area contributed by atoms with Crippen LogP contribution in [0.2, 0.25) is 0 Å². The molecular formula is C24H28FN5O3. The summed E-state index contributed by atoms with van der Waals surface area (Å²) in [5.41, 5.74) is 2.60. The summed E-state index contributed by atoms with van der Waals surface area (Å²) >= 11 is 0. The molecule has 8 nitrogen and oxygen atoms in total. The minimum absolute atomic E-state index is 0.181. The largest absolute Gasteiger partial charge is 0.444 e. The van der Waals surface area contributed by atoms with Crippen molar-refractivity contribution in [2.75, 3.05) is 19.6 Å². The van der Waals surface area contributed by atoms with Crippen molar-refractivity contribution in [3.8, 4) is 11.3 Å². The molecule has 4 rings (SSSR count). The Kier molecular flexibility index (Phi) is 5.82. The van der Waals surface area contributed by atoms with Gasteiger partial charge in [0, 0.05) is 31.2 Å². The Bertz CT molecular complexity index is 1200. The lowest BCUT2D eigenvalue weighted by molar-refractivity contribution is 0.00191. The van der Waals surface area contributed by atoms with Gasteiger partial charge in [0.1, 0.15) is 17.1 Å². The second-order valence-corrected chi connectivity index (χ2v) is 9.39. The Morgan fingerprint density at radius 3 is 2.48 bits per heavy atom. The third-order valence-corrected chi connectivity index (χ3v) is 5.51. The van der Waals surface area contributed by atoms with Crippen molar-refractivity contribution >= 4 is 17.6 Å². The Morgan fingerprint density at radius 1 is 1.15 bits per heavy atom. The van der Waals surface area contributed by atoms with Crippen molar-refractivity contribution in [2.45, 2.75) is 46.3 Å². The molecule has 2 aromatic heterocycles. The molecule has 2 amide bonds. The lowest BCUT2D eigenvalue weighted by Gasteiger charge is -2.40. The smallest absolute Gasteiger partial charge is 0.410 e. The molecule has 0 aliphatic carbocycles. The van der Waals surface area contributed by atoms with E-state index in [1.165, 1.54) is 12.1 Å². The fourth-order valence-corrected chi connectivity index (χ4v) is 3.89. The maximum absolute atomic E-state index is 13.3. The molecule has 1 atom stereocenters. The van der Waals surface area contributed by atoms with Gasteiger partial charge in [0.25, 0.3) is 5.91 Å². The summed E-state index contributed by atoms with van der Waals surface area (Å²) < 4.78 is 20.3. The van der Waals surface area contributed by atoms with Crippen molar-refractivity contribution in [2.24, 2.45) is 0 Å². The highest BCUT2D eigenvalue weighted by molar-refractivity contribution is 5.93. The molecule has 1 aromatic carbocycles. The van der Waals surface area contributed by atoms with E-state index in [1.807, 2.05) is 40.7 Å². The third-order valence-electron chi connectivity index (χ3n) is 5.51. The third kappa shape index (κ3) is 4.81. The quantitative estimate of drug-likeness (QED) is 0.588. The highest BCUT2D eigenvalue weighted by Gasteiger charge is 2.33. The van der Waals surface area contributed by atoms with Crippen LogP contribution in [0.5, 0.6) is 0 Å². The number of carbonyl (C=O) groups is 2. The summed E-state index contributed by atoms with van der Waals surface area (Å²) in [6.45, 7) is 10.5. The van der Waals surface area contributed by atoms with Gasteiger partial charge >= 0.3 is 6.09 Å². The molecule has 3 heterocycles. The molecule has 174 valence electrons. The molecule has 3 aromatic rings. The summed E-state index contributed by atoms with van der Waals surface area (Å²) in [5, 5.41) is 4.56. The number of benzene rings is 1. The van der Waals surface area contributed by atoms with Gasteiger partial charge in [-0.25, -0.2) is 18.7 Å². The van der Waals surface area contributed by atoms with E-state index in [1.54, 1.807) is 32.6 Å². The fraction of sp³-hybridized carbons (Fsp3) is 0.417. The first-order valence-electron chi connectivity index (χ1n) is 10.9. The molecule has 33 heavy (non-hydrogen) atoms. The molecule has 0 N–H and O–H groups in total. The van der Waals surface area contributed by atoms with Crippen molar-refractivity contribution in [1.82, 2.24) is 24.4 Å². The number of piperazine rings is 1. The SMILES string of the molecule is Cc1cc(-c2ccc(F)cc2)nn2cc(C(=O)N3CCN(C(=O)OC(C)(C)C)[C@@H](C)C3)nc12. The molecule has 0 unspecified atom stereocenters. The lowest BCUT2D eigenvalue weighted by atomic mass is 10.1. The van der Waals surface area contributed by atoms with E-state index in [0.717, 1.165) is 11.1 Å². The zero-order chi connectivity index (χ0) is 23.9. The van der Waals surface area contributed by atoms with Gasteiger partial charge < -0.3 is 14.5 Å². The number of rotatable bonds is 2. The van der Waals surface area contributed by atoms with Crippen LogP contribution in [0.4, 0.5) is 9.18 Å². The van der Waals surface area contributed by atoms with Crippen LogP contribution < -0.4 is 0 Å². The molecule has 0 saturated carbocycles. The minimum atomic E-state index is -0.572. The summed E-state index contributed by atoms with van der Waals surface area (Å²) in [6, 6.07) is 7.79. The topological polar surface area (TPSA) is 80.0 Å². The summed E-state index contributed by atoms with van der Waals surface area (Å²) in [7, 11) is 0. The first-order valence-corrected chi connectivity index (χ1v) is 10.9. The van der Waals surface area contributed by atoms with E-state index < -0.39 is 5.60 Å². The van der Waals surface area contributed by atoms with Crippen molar-refractivity contribution in [3.63, 3.8) is 0 Å². The average Bonchev–Trinajstić information content (AvgIpc) is 3.17. The number of imidazole rings is 1. The van der Waals surface area contributed by atoms with E-state index in [4.69, 9.17) is 4.74 Å². The van der Waals surface area contributed by atoms with Crippen molar-refractivity contribution in [3.05, 3.63) is 53.6 Å². The van der Waals surface area contributed by atoms with Crippen LogP contribution >= 0.6 is 0 Å². The van der Waals surface area contributed by atoms with E-state index >= 15 is 0 Å². The van der Waals surface area contributed by atoms with Crippen molar-refractivity contribution < 1.29 is 18.7 Å². The van der Waals surface area contributed by atoms with E-state index in [-0.39, 0.29) is 23.9 Å². The van der Waals surface area contributed by atoms with Crippen LogP contribution in [-0.2, 0) is 4.74 Å². The molecule has 1 fully saturated rings. The summed E-state index contributed by atoms with van der Waals surface area (Å²) in [4.78, 5) is 33.5. The molecule has 1 aliphatic heterocycles. The van der Waals surface area contributed by atoms with E-state index in [0.29, 0.717) is 36.7 Å². The average molecular weight is 454 g/mol. The Labute approximate surface area is 192 Å². The number of amides is 2. The summed E-state index contributed by atoms with van der Waals surface area (Å²) in [6.07, 6.45) is 1.24. The second-order valence-electron chi connectivity index (χ2n) is 9.39. The predicted octanol–water partition coefficient (Wildman–Crippen LogP) is 3.93. The zero-order valence-electron chi connectivity index (χ0n) is 19.5. The highest BCUT2D eigenvalue weighted by atomic mass is 19.1. The standard InChI is InChI=1S/C24H28FN5O3/c1-15-12-19(17-6-8-18(25)9-7-17)27-30-14-20(26-21(15)30)22(31)28-10-11-29(16(2)13-28)23(32)33-24(3,4)5/h6-9,12,14,16H,10-11,13H2,1-5H3/t16-/m0/s1. The monoisotopic (exact) mass is 453 g/mol. The number of hydrogen-bond donors (Lipinski definition) is 0. The van der Waals surface area contributed by atoms with Gasteiger partial charge in [-0.2, -0.15) is 5.10 Å². The first-order chi connectivity index (χ1) is 15.5. The number of nitrogens with zero attached hydrogens (tertiary/aromatic N) is 5. The number of ether oxygens (including phenoxy) is 1. The lowest BCUT2D eigenvalue weighted by Crippen LogP contribution is -2.56. The number of aromatic nitrogens is 3. The van der Waals surface area contributed by atoms with Gasteiger partial charge in [-0.05, 0) is 70.5 Å². The summed E-state index contributed by atoms with van der Waals surface area (Å²) in [5.74, 6) is -0.521. The minimum Gasteiger partial charge on any atom is -0.444 e. The maximum atomic E-state index is 13.3. The number of halogens is 1. The van der Waals surface area contributed by atoms with Gasteiger partial charge in [-0.1, -0.05) is 0 Å². The Balaban J connectivity index is 1.52. The first kappa shape index (κ1) is 22.7. The van der Waals surface area contributed by atoms with Crippen LogP contribution in [0, 0.1) is 12.7 Å². The van der Waals surface area contributed by atoms with Gasteiger partial charge in [0.05, 0.1) is 11.9 Å². The molecule has 1 saturated heterocycles. The fourth-order valence-electron chi connectivity index (χ4n) is 3.89. The molecule has 0 radical (unpaired) electrons. The highest BCUT2D eigenvalue weighted by Crippen LogP contribution is 2.22. The van der Waals surface area contributed by atoms with E-state index in [2.05, 4.69) is 10.1 Å². The number of carbonyl (C=O) groups excluding carboxylic acids is 2. The number of hydrogen-bond acceptors (Lipinski definition) is 5. The predicted molar refractivity (Wildman–Crippen MR) is 121 cm³/mol. The van der Waals surface area contributed by atoms with Gasteiger partial charge in [-0.15, -0.1) is 0 Å². The van der Waals surface area contributed by atoms with Crippen LogP contribution in [0.25, 0.3) is 16.9 Å². The van der Waals surface area contributed by atoms with Gasteiger partial charge in [0.15, 0.2) is 5.65 Å². The van der Waals surface area contributed by atoms with Crippen LogP contribution in [0.3, 0.4) is 0 Å². The Hall–Kier alpha value is -3.49. The molecule has 0 spiro atoms. The van der Waals surface area contributed by atoms with Crippen LogP contribution in [0.15, 0.2) is 36.5 Å². The number of aryl methyl sites for hydroxylation is 1. The second kappa shape index (κ2) is 8.46. The molecule has 1 aliphatic rings. The van der Waals surface area contributed by atoms with Crippen LogP contribution in [0.1, 0.15) is 43.7 Å². The number of fused-ring (bicyclic) bond motifs is 1. The van der Waals surface area contributed by atoms with Gasteiger partial charge in [0.2, 0.25) is 0 Å². The molecule has 0 bridgehead atoms. The molecule has 9 heteroatoms. The van der Waals surface area contributed by atoms with Crippen LogP contribution in [-0.4, -0.2) is 67.7 Å². The Morgan fingerprint density at radius 2 is 1.85 bits per heavy atom. The zero-order valence-corrected chi connectivity index (χ0v) is 19.5.